The number of carbonyl (C=O) groups excluding carboxylic acids is 2. The molecular weight excluding hydrogens is 802 g/mol. The third kappa shape index (κ3) is 10.5. The summed E-state index contributed by atoms with van der Waals surface area (Å²) in [6.45, 7) is 4.36. The van der Waals surface area contributed by atoms with Gasteiger partial charge in [-0.2, -0.15) is 18.2 Å². The summed E-state index contributed by atoms with van der Waals surface area (Å²) >= 11 is 0. The summed E-state index contributed by atoms with van der Waals surface area (Å²) in [5, 5.41) is 15.3. The van der Waals surface area contributed by atoms with Gasteiger partial charge in [0, 0.05) is 56.9 Å². The number of ether oxygens (including phenoxy) is 1. The van der Waals surface area contributed by atoms with Crippen molar-refractivity contribution < 1.29 is 49.8 Å². The van der Waals surface area contributed by atoms with E-state index >= 15 is 8.78 Å². The van der Waals surface area contributed by atoms with Crippen LogP contribution in [0.3, 0.4) is 0 Å². The highest BCUT2D eigenvalue weighted by molar-refractivity contribution is 7.89. The standard InChI is InChI=1S/C40H48F5N7O6S/c1-39(55)13-2-14-52(23-39)36-31(40(43,44)45)20-46-38(49-36)47-34-11-8-28(19-33(34)42)59(56,57)50-26-6-3-24(4-7-26)21-51-15-16-58-27(22-51)17-25-5-9-29(32(41)18-25)30-10-12-35(53)48-37(30)54/h5,8-9,11,18-20,24,26-27,30,50,55H,2-4,6-7,10,12-17,21-23H2,1H3,(H,46,47,49)(H,48,53,54)/t24?,26?,27?,30?,39-/m0/s1. The number of anilines is 3. The molecule has 0 radical (unpaired) electrons. The van der Waals surface area contributed by atoms with Crippen LogP contribution in [-0.4, -0.2) is 97.3 Å². The highest BCUT2D eigenvalue weighted by Crippen LogP contribution is 2.38. The molecule has 7 rings (SSSR count). The summed E-state index contributed by atoms with van der Waals surface area (Å²) in [6, 6.07) is 7.67. The Kier molecular flexibility index (Phi) is 12.6. The van der Waals surface area contributed by atoms with E-state index in [1.54, 1.807) is 12.1 Å². The molecule has 3 aliphatic heterocycles. The minimum absolute atomic E-state index is 0.0878. The smallest absolute Gasteiger partial charge is 0.388 e. The zero-order valence-electron chi connectivity index (χ0n) is 32.5. The molecule has 0 spiro atoms. The van der Waals surface area contributed by atoms with Crippen molar-refractivity contribution in [2.24, 2.45) is 5.92 Å². The van der Waals surface area contributed by atoms with Crippen molar-refractivity contribution in [2.75, 3.05) is 49.5 Å². The first kappa shape index (κ1) is 42.8. The number of nitrogens with one attached hydrogen (secondary N) is 3. The van der Waals surface area contributed by atoms with Crippen LogP contribution in [0, 0.1) is 17.6 Å². The fourth-order valence-corrected chi connectivity index (χ4v) is 9.89. The van der Waals surface area contributed by atoms with Gasteiger partial charge in [0.05, 0.1) is 34.8 Å². The monoisotopic (exact) mass is 849 g/mol. The number of halogens is 5. The lowest BCUT2D eigenvalue weighted by Crippen LogP contribution is -2.47. The number of alkyl halides is 3. The Bertz CT molecular complexity index is 2150. The Morgan fingerprint density at radius 3 is 2.51 bits per heavy atom. The number of sulfonamides is 1. The average molecular weight is 850 g/mol. The fraction of sp³-hybridized carbons (Fsp3) is 0.550. The maximum Gasteiger partial charge on any atom is 0.421 e. The van der Waals surface area contributed by atoms with E-state index in [2.05, 4.69) is 30.2 Å². The Morgan fingerprint density at radius 2 is 1.81 bits per heavy atom. The van der Waals surface area contributed by atoms with Crippen molar-refractivity contribution in [2.45, 2.75) is 99.4 Å². The molecular formula is C40H48F5N7O6S. The number of rotatable bonds is 11. The number of aromatic nitrogens is 2. The summed E-state index contributed by atoms with van der Waals surface area (Å²) in [7, 11) is -4.12. The number of aliphatic hydroxyl groups is 1. The van der Waals surface area contributed by atoms with Crippen LogP contribution in [-0.2, 0) is 36.9 Å². The highest BCUT2D eigenvalue weighted by Gasteiger charge is 2.40. The van der Waals surface area contributed by atoms with Gasteiger partial charge in [0.25, 0.3) is 0 Å². The molecule has 3 aromatic rings. The third-order valence-corrected chi connectivity index (χ3v) is 13.1. The summed E-state index contributed by atoms with van der Waals surface area (Å²) < 4.78 is 107. The van der Waals surface area contributed by atoms with Gasteiger partial charge in [-0.15, -0.1) is 0 Å². The first-order valence-corrected chi connectivity index (χ1v) is 21.4. The number of imide groups is 1. The maximum absolute atomic E-state index is 15.3. The van der Waals surface area contributed by atoms with E-state index in [1.807, 2.05) is 0 Å². The van der Waals surface area contributed by atoms with Crippen LogP contribution in [0.5, 0.6) is 0 Å². The van der Waals surface area contributed by atoms with Crippen molar-refractivity contribution in [3.63, 3.8) is 0 Å². The van der Waals surface area contributed by atoms with Crippen LogP contribution in [0.2, 0.25) is 0 Å². The Morgan fingerprint density at radius 1 is 1.03 bits per heavy atom. The lowest BCUT2D eigenvalue weighted by atomic mass is 9.86. The van der Waals surface area contributed by atoms with Crippen LogP contribution in [0.1, 0.15) is 80.9 Å². The van der Waals surface area contributed by atoms with Gasteiger partial charge in [-0.1, -0.05) is 12.1 Å². The third-order valence-electron chi connectivity index (χ3n) is 11.6. The molecule has 4 N–H and O–H groups in total. The minimum atomic E-state index is -4.78. The molecule has 1 aliphatic carbocycles. The van der Waals surface area contributed by atoms with E-state index in [0.29, 0.717) is 57.4 Å². The average Bonchev–Trinajstić information content (AvgIpc) is 3.16. The van der Waals surface area contributed by atoms with Gasteiger partial charge < -0.3 is 20.1 Å². The van der Waals surface area contributed by atoms with Crippen molar-refractivity contribution in [1.29, 1.82) is 0 Å². The number of morpholine rings is 1. The first-order valence-electron chi connectivity index (χ1n) is 19.9. The van der Waals surface area contributed by atoms with Gasteiger partial charge in [-0.25, -0.2) is 26.9 Å². The van der Waals surface area contributed by atoms with E-state index in [4.69, 9.17) is 4.74 Å². The topological polar surface area (TPSA) is 166 Å². The van der Waals surface area contributed by atoms with Crippen LogP contribution < -0.4 is 20.3 Å². The highest BCUT2D eigenvalue weighted by atomic mass is 32.2. The first-order chi connectivity index (χ1) is 27.9. The summed E-state index contributed by atoms with van der Waals surface area (Å²) in [4.78, 5) is 34.8. The predicted molar refractivity (Wildman–Crippen MR) is 206 cm³/mol. The number of piperidine rings is 2. The lowest BCUT2D eigenvalue weighted by molar-refractivity contribution is -0.138. The van der Waals surface area contributed by atoms with Gasteiger partial charge in [-0.3, -0.25) is 19.8 Å². The second kappa shape index (κ2) is 17.4. The van der Waals surface area contributed by atoms with E-state index in [1.165, 1.54) is 24.0 Å². The number of nitrogens with zero attached hydrogens (tertiary/aromatic N) is 4. The molecule has 2 amide bonds. The number of carbonyl (C=O) groups is 2. The largest absolute Gasteiger partial charge is 0.421 e. The van der Waals surface area contributed by atoms with Crippen molar-refractivity contribution in [3.8, 4) is 0 Å². The molecule has 3 atom stereocenters. The number of benzene rings is 2. The SMILES string of the molecule is C[C@]1(O)CCCN(c2nc(Nc3ccc(S(=O)(=O)NC4CCC(CN5CCOC(Cc6ccc(C7CCC(=O)NC7=O)c(F)c6)C5)CC4)cc3F)ncc2C(F)(F)F)C1. The van der Waals surface area contributed by atoms with Crippen LogP contribution in [0.4, 0.5) is 39.4 Å². The molecule has 1 saturated carbocycles. The minimum Gasteiger partial charge on any atom is -0.388 e. The molecule has 59 heavy (non-hydrogen) atoms. The van der Waals surface area contributed by atoms with Crippen molar-refractivity contribution >= 4 is 39.3 Å². The Labute approximate surface area is 339 Å². The molecule has 19 heteroatoms. The van der Waals surface area contributed by atoms with Gasteiger partial charge in [0.15, 0.2) is 0 Å². The fourth-order valence-electron chi connectivity index (χ4n) is 8.58. The van der Waals surface area contributed by atoms with E-state index in [-0.39, 0.29) is 66.1 Å². The summed E-state index contributed by atoms with van der Waals surface area (Å²) in [5.74, 6) is -3.46. The van der Waals surface area contributed by atoms with Gasteiger partial charge in [0.1, 0.15) is 23.0 Å². The van der Waals surface area contributed by atoms with Gasteiger partial charge >= 0.3 is 6.18 Å². The Balaban J connectivity index is 0.900. The van der Waals surface area contributed by atoms with E-state index in [0.717, 1.165) is 43.6 Å². The van der Waals surface area contributed by atoms with Crippen LogP contribution >= 0.6 is 0 Å². The van der Waals surface area contributed by atoms with E-state index in [9.17, 15) is 36.3 Å². The number of hydrogen-bond acceptors (Lipinski definition) is 11. The molecule has 3 saturated heterocycles. The predicted octanol–water partition coefficient (Wildman–Crippen LogP) is 5.17. The molecule has 320 valence electrons. The van der Waals surface area contributed by atoms with Crippen molar-refractivity contribution in [1.82, 2.24) is 24.9 Å². The van der Waals surface area contributed by atoms with Crippen LogP contribution in [0.15, 0.2) is 47.5 Å². The molecule has 4 fully saturated rings. The summed E-state index contributed by atoms with van der Waals surface area (Å²) in [6.07, 6.45) is 0.135. The Hall–Kier alpha value is -4.30. The van der Waals surface area contributed by atoms with E-state index < -0.39 is 56.6 Å². The summed E-state index contributed by atoms with van der Waals surface area (Å²) in [5.41, 5.74) is -1.54. The van der Waals surface area contributed by atoms with Gasteiger partial charge in [-0.05, 0) is 94.0 Å². The second-order valence-corrected chi connectivity index (χ2v) is 18.1. The molecule has 13 nitrogen and oxygen atoms in total. The molecule has 2 aromatic carbocycles. The van der Waals surface area contributed by atoms with Gasteiger partial charge in [0.2, 0.25) is 27.8 Å². The number of amides is 2. The molecule has 4 heterocycles. The van der Waals surface area contributed by atoms with Crippen molar-refractivity contribution in [3.05, 3.63) is 70.9 Å². The lowest BCUT2D eigenvalue weighted by Gasteiger charge is -2.38. The molecule has 0 bridgehead atoms. The quantitative estimate of drug-likeness (QED) is 0.149. The zero-order chi connectivity index (χ0) is 42.1. The molecule has 2 unspecified atom stereocenters. The van der Waals surface area contributed by atoms with Crippen LogP contribution in [0.25, 0.3) is 0 Å². The molecule has 1 aromatic heterocycles. The number of β-amino-alcohol motifs (C(OH)–C–C–N with tert-alkyl or cyclic N) is 1. The normalized spacial score (nSPS) is 26.1. The zero-order valence-corrected chi connectivity index (χ0v) is 33.3. The number of hydrogen-bond donors (Lipinski definition) is 4. The second-order valence-electron chi connectivity index (χ2n) is 16.4. The molecule has 4 aliphatic rings. The maximum atomic E-state index is 15.3.